The summed E-state index contributed by atoms with van der Waals surface area (Å²) in [6.07, 6.45) is 6.08. The number of carbonyl (C=O) groups excluding carboxylic acids is 1. The Morgan fingerprint density at radius 3 is 2.48 bits per heavy atom. The van der Waals surface area contributed by atoms with E-state index in [1.54, 1.807) is 0 Å². The minimum absolute atomic E-state index is 0.119. The van der Waals surface area contributed by atoms with Crippen LogP contribution in [0.1, 0.15) is 49.1 Å². The predicted octanol–water partition coefficient (Wildman–Crippen LogP) is 2.45. The molecule has 6 heteroatoms. The molecule has 0 radical (unpaired) electrons. The van der Waals surface area contributed by atoms with Gasteiger partial charge in [-0.3, -0.25) is 4.90 Å². The summed E-state index contributed by atoms with van der Waals surface area (Å²) in [4.78, 5) is 16.7. The van der Waals surface area contributed by atoms with E-state index in [-0.39, 0.29) is 6.03 Å². The van der Waals surface area contributed by atoms with Gasteiger partial charge in [0, 0.05) is 44.3 Å². The van der Waals surface area contributed by atoms with Crippen LogP contribution in [0.3, 0.4) is 0 Å². The number of urea groups is 1. The zero-order valence-corrected chi connectivity index (χ0v) is 14.3. The molecule has 1 aromatic rings. The van der Waals surface area contributed by atoms with E-state index in [1.807, 2.05) is 18.7 Å². The lowest BCUT2D eigenvalue weighted by Crippen LogP contribution is -2.53. The summed E-state index contributed by atoms with van der Waals surface area (Å²) in [5.74, 6) is 0.903. The lowest BCUT2D eigenvalue weighted by Gasteiger charge is -2.36. The number of carbonyl (C=O) groups is 1. The Labute approximate surface area is 138 Å². The van der Waals surface area contributed by atoms with Gasteiger partial charge in [0.1, 0.15) is 5.76 Å². The van der Waals surface area contributed by atoms with Crippen molar-refractivity contribution < 1.29 is 9.32 Å². The maximum absolute atomic E-state index is 12.4. The smallest absolute Gasteiger partial charge is 0.317 e. The van der Waals surface area contributed by atoms with Crippen LogP contribution in [0.25, 0.3) is 0 Å². The highest BCUT2D eigenvalue weighted by Crippen LogP contribution is 2.18. The van der Waals surface area contributed by atoms with Gasteiger partial charge >= 0.3 is 6.03 Å². The van der Waals surface area contributed by atoms with E-state index in [1.165, 1.54) is 24.8 Å². The zero-order valence-electron chi connectivity index (χ0n) is 14.3. The van der Waals surface area contributed by atoms with E-state index in [0.717, 1.165) is 57.0 Å². The van der Waals surface area contributed by atoms with Crippen molar-refractivity contribution in [1.82, 2.24) is 20.3 Å². The molecule has 1 saturated heterocycles. The number of aryl methyl sites for hydroxylation is 2. The van der Waals surface area contributed by atoms with Crippen molar-refractivity contribution in [2.24, 2.45) is 0 Å². The standard InChI is InChI=1S/C17H28N4O2/c1-13-16(14(2)23-19-13)12-20-8-10-21(11-9-20)17(22)18-15-6-4-3-5-7-15/h15H,3-12H2,1-2H3,(H,18,22). The molecule has 0 bridgehead atoms. The van der Waals surface area contributed by atoms with Crippen molar-refractivity contribution in [3.8, 4) is 0 Å². The fourth-order valence-electron chi connectivity index (χ4n) is 3.57. The average Bonchev–Trinajstić information content (AvgIpc) is 2.88. The largest absolute Gasteiger partial charge is 0.361 e. The minimum Gasteiger partial charge on any atom is -0.361 e. The predicted molar refractivity (Wildman–Crippen MR) is 88.2 cm³/mol. The highest BCUT2D eigenvalue weighted by atomic mass is 16.5. The molecular weight excluding hydrogens is 292 g/mol. The molecule has 128 valence electrons. The highest BCUT2D eigenvalue weighted by molar-refractivity contribution is 5.74. The molecule has 1 aliphatic heterocycles. The molecule has 1 saturated carbocycles. The molecule has 1 aromatic heterocycles. The molecule has 3 rings (SSSR count). The van der Waals surface area contributed by atoms with E-state index in [0.29, 0.717) is 6.04 Å². The first-order valence-electron chi connectivity index (χ1n) is 8.83. The van der Waals surface area contributed by atoms with Crippen molar-refractivity contribution in [2.45, 2.75) is 58.5 Å². The van der Waals surface area contributed by atoms with Crippen molar-refractivity contribution in [1.29, 1.82) is 0 Å². The monoisotopic (exact) mass is 320 g/mol. The number of nitrogens with one attached hydrogen (secondary N) is 1. The van der Waals surface area contributed by atoms with E-state index in [2.05, 4.69) is 15.4 Å². The molecule has 2 fully saturated rings. The third kappa shape index (κ3) is 4.05. The van der Waals surface area contributed by atoms with Crippen LogP contribution in [-0.4, -0.2) is 53.2 Å². The normalized spacial score (nSPS) is 20.7. The van der Waals surface area contributed by atoms with Gasteiger partial charge in [-0.25, -0.2) is 4.79 Å². The van der Waals surface area contributed by atoms with Gasteiger partial charge in [-0.05, 0) is 26.7 Å². The Morgan fingerprint density at radius 1 is 1.17 bits per heavy atom. The molecule has 1 N–H and O–H groups in total. The van der Waals surface area contributed by atoms with Crippen LogP contribution in [0, 0.1) is 13.8 Å². The van der Waals surface area contributed by atoms with Gasteiger partial charge in [0.15, 0.2) is 0 Å². The summed E-state index contributed by atoms with van der Waals surface area (Å²) in [6, 6.07) is 0.505. The van der Waals surface area contributed by atoms with Crippen LogP contribution in [0.15, 0.2) is 4.52 Å². The number of rotatable bonds is 3. The molecular formula is C17H28N4O2. The first-order chi connectivity index (χ1) is 11.1. The Bertz CT molecular complexity index is 509. The number of amides is 2. The minimum atomic E-state index is 0.119. The van der Waals surface area contributed by atoms with Crippen molar-refractivity contribution in [3.05, 3.63) is 17.0 Å². The van der Waals surface area contributed by atoms with Gasteiger partial charge < -0.3 is 14.7 Å². The molecule has 1 aliphatic carbocycles. The summed E-state index contributed by atoms with van der Waals surface area (Å²) in [6.45, 7) is 8.20. The topological polar surface area (TPSA) is 61.6 Å². The lowest BCUT2D eigenvalue weighted by atomic mass is 9.96. The maximum atomic E-state index is 12.4. The fraction of sp³-hybridized carbons (Fsp3) is 0.765. The quantitative estimate of drug-likeness (QED) is 0.929. The molecule has 23 heavy (non-hydrogen) atoms. The lowest BCUT2D eigenvalue weighted by molar-refractivity contribution is 0.131. The summed E-state index contributed by atoms with van der Waals surface area (Å²) < 4.78 is 5.23. The van der Waals surface area contributed by atoms with E-state index < -0.39 is 0 Å². The van der Waals surface area contributed by atoms with Gasteiger partial charge in [0.25, 0.3) is 0 Å². The Balaban J connectivity index is 1.45. The van der Waals surface area contributed by atoms with Gasteiger partial charge in [-0.15, -0.1) is 0 Å². The number of hydrogen-bond donors (Lipinski definition) is 1. The molecule has 0 atom stereocenters. The molecule has 2 heterocycles. The second-order valence-corrected chi connectivity index (χ2v) is 6.85. The summed E-state index contributed by atoms with van der Waals surface area (Å²) in [7, 11) is 0. The molecule has 2 amide bonds. The number of aromatic nitrogens is 1. The summed E-state index contributed by atoms with van der Waals surface area (Å²) >= 11 is 0. The Kier molecular flexibility index (Phi) is 5.20. The van der Waals surface area contributed by atoms with E-state index in [9.17, 15) is 4.79 Å². The van der Waals surface area contributed by atoms with E-state index in [4.69, 9.17) is 4.52 Å². The molecule has 0 spiro atoms. The summed E-state index contributed by atoms with van der Waals surface area (Å²) in [5.41, 5.74) is 2.16. The Hall–Kier alpha value is -1.56. The van der Waals surface area contributed by atoms with Gasteiger partial charge in [-0.2, -0.15) is 0 Å². The van der Waals surface area contributed by atoms with Crippen LogP contribution in [-0.2, 0) is 6.54 Å². The second-order valence-electron chi connectivity index (χ2n) is 6.85. The highest BCUT2D eigenvalue weighted by Gasteiger charge is 2.24. The first-order valence-corrected chi connectivity index (χ1v) is 8.83. The van der Waals surface area contributed by atoms with Gasteiger partial charge in [-0.1, -0.05) is 24.4 Å². The maximum Gasteiger partial charge on any atom is 0.317 e. The van der Waals surface area contributed by atoms with Gasteiger partial charge in [0.2, 0.25) is 0 Å². The fourth-order valence-corrected chi connectivity index (χ4v) is 3.57. The third-order valence-electron chi connectivity index (χ3n) is 5.16. The van der Waals surface area contributed by atoms with Crippen molar-refractivity contribution in [3.63, 3.8) is 0 Å². The van der Waals surface area contributed by atoms with Gasteiger partial charge in [0.05, 0.1) is 5.69 Å². The molecule has 2 aliphatic rings. The second kappa shape index (κ2) is 7.34. The average molecular weight is 320 g/mol. The van der Waals surface area contributed by atoms with Crippen LogP contribution in [0.4, 0.5) is 4.79 Å². The number of hydrogen-bond acceptors (Lipinski definition) is 4. The van der Waals surface area contributed by atoms with Crippen LogP contribution >= 0.6 is 0 Å². The first kappa shape index (κ1) is 16.3. The number of nitrogens with zero attached hydrogens (tertiary/aromatic N) is 3. The van der Waals surface area contributed by atoms with Crippen molar-refractivity contribution >= 4 is 6.03 Å². The van der Waals surface area contributed by atoms with Crippen LogP contribution in [0.5, 0.6) is 0 Å². The molecule has 0 unspecified atom stereocenters. The number of piperazine rings is 1. The summed E-state index contributed by atoms with van der Waals surface area (Å²) in [5, 5.41) is 7.22. The third-order valence-corrected chi connectivity index (χ3v) is 5.16. The Morgan fingerprint density at radius 2 is 1.87 bits per heavy atom. The van der Waals surface area contributed by atoms with E-state index >= 15 is 0 Å². The zero-order chi connectivity index (χ0) is 16.2. The van der Waals surface area contributed by atoms with Crippen molar-refractivity contribution in [2.75, 3.05) is 26.2 Å². The molecule has 0 aromatic carbocycles. The van der Waals surface area contributed by atoms with Crippen LogP contribution < -0.4 is 5.32 Å². The molecule has 6 nitrogen and oxygen atoms in total. The SMILES string of the molecule is Cc1noc(C)c1CN1CCN(C(=O)NC2CCCCC2)CC1. The van der Waals surface area contributed by atoms with Crippen LogP contribution in [0.2, 0.25) is 0 Å².